The van der Waals surface area contributed by atoms with Crippen LogP contribution >= 0.6 is 0 Å². The Morgan fingerprint density at radius 2 is 1.62 bits per heavy atom. The van der Waals surface area contributed by atoms with Crippen LogP contribution in [0.4, 0.5) is 8.78 Å². The summed E-state index contributed by atoms with van der Waals surface area (Å²) in [7, 11) is 0. The average molecular weight is 197 g/mol. The summed E-state index contributed by atoms with van der Waals surface area (Å²) in [6, 6.07) is -2.13. The van der Waals surface area contributed by atoms with Gasteiger partial charge in [0.05, 0.1) is 12.1 Å². The van der Waals surface area contributed by atoms with Crippen molar-refractivity contribution in [3.05, 3.63) is 0 Å². The highest BCUT2D eigenvalue weighted by Crippen LogP contribution is 2.19. The lowest BCUT2D eigenvalue weighted by Gasteiger charge is -2.39. The smallest absolute Gasteiger partial charge is 0.256 e. The van der Waals surface area contributed by atoms with Crippen LogP contribution in [-0.4, -0.2) is 52.1 Å². The molecule has 0 aromatic carbocycles. The Hall–Kier alpha value is -0.300. The van der Waals surface area contributed by atoms with E-state index in [1.54, 1.807) is 0 Å². The van der Waals surface area contributed by atoms with Gasteiger partial charge in [0.2, 0.25) is 0 Å². The summed E-state index contributed by atoms with van der Waals surface area (Å²) in [6.45, 7) is 1.47. The summed E-state index contributed by atoms with van der Waals surface area (Å²) in [6.07, 6.45) is -7.13. The molecule has 1 aliphatic rings. The maximum Gasteiger partial charge on any atom is 0.256 e. The average Bonchev–Trinajstić information content (AvgIpc) is 2.07. The molecule has 4 N–H and O–H groups in total. The van der Waals surface area contributed by atoms with Crippen LogP contribution in [0.3, 0.4) is 0 Å². The van der Waals surface area contributed by atoms with Crippen molar-refractivity contribution in [1.82, 2.24) is 5.32 Å². The maximum absolute atomic E-state index is 12.2. The second-order valence-corrected chi connectivity index (χ2v) is 3.29. The van der Waals surface area contributed by atoms with Gasteiger partial charge in [0.25, 0.3) is 6.43 Å². The number of aliphatic hydroxyl groups excluding tert-OH is 3. The van der Waals surface area contributed by atoms with Crippen molar-refractivity contribution in [2.45, 2.75) is 43.7 Å². The number of piperidine rings is 1. The van der Waals surface area contributed by atoms with E-state index in [-0.39, 0.29) is 0 Å². The molecule has 1 heterocycles. The Labute approximate surface area is 74.2 Å². The molecule has 0 spiro atoms. The van der Waals surface area contributed by atoms with Gasteiger partial charge in [0.1, 0.15) is 12.2 Å². The highest BCUT2D eigenvalue weighted by atomic mass is 19.3. The van der Waals surface area contributed by atoms with Crippen LogP contribution in [0.15, 0.2) is 0 Å². The summed E-state index contributed by atoms with van der Waals surface area (Å²) in [5, 5.41) is 29.8. The van der Waals surface area contributed by atoms with Gasteiger partial charge in [-0.25, -0.2) is 8.78 Å². The van der Waals surface area contributed by atoms with Crippen LogP contribution in [0.1, 0.15) is 6.92 Å². The highest BCUT2D eigenvalue weighted by molar-refractivity contribution is 4.97. The minimum absolute atomic E-state index is 0.655. The van der Waals surface area contributed by atoms with E-state index in [9.17, 15) is 13.9 Å². The Morgan fingerprint density at radius 1 is 1.08 bits per heavy atom. The van der Waals surface area contributed by atoms with E-state index in [0.29, 0.717) is 0 Å². The van der Waals surface area contributed by atoms with Gasteiger partial charge in [0.15, 0.2) is 0 Å². The van der Waals surface area contributed by atoms with Gasteiger partial charge in [-0.05, 0) is 6.92 Å². The fraction of sp³-hybridized carbons (Fsp3) is 1.00. The molecule has 0 amide bonds. The third-order valence-electron chi connectivity index (χ3n) is 2.31. The third kappa shape index (κ3) is 1.96. The first-order chi connectivity index (χ1) is 5.95. The largest absolute Gasteiger partial charge is 0.389 e. The van der Waals surface area contributed by atoms with Crippen LogP contribution < -0.4 is 5.32 Å². The van der Waals surface area contributed by atoms with E-state index in [4.69, 9.17) is 10.2 Å². The Kier molecular flexibility index (Phi) is 3.18. The van der Waals surface area contributed by atoms with Gasteiger partial charge >= 0.3 is 0 Å². The van der Waals surface area contributed by atoms with E-state index >= 15 is 0 Å². The van der Waals surface area contributed by atoms with Crippen molar-refractivity contribution in [2.75, 3.05) is 0 Å². The molecule has 1 rings (SSSR count). The van der Waals surface area contributed by atoms with E-state index < -0.39 is 36.8 Å². The molecule has 1 fully saturated rings. The van der Waals surface area contributed by atoms with Gasteiger partial charge in [-0.1, -0.05) is 0 Å². The third-order valence-corrected chi connectivity index (χ3v) is 2.31. The van der Waals surface area contributed by atoms with Crippen molar-refractivity contribution < 1.29 is 24.1 Å². The molecular formula is C7H13F2NO3. The zero-order valence-electron chi connectivity index (χ0n) is 7.06. The Balaban J connectivity index is 2.70. The molecule has 4 nitrogen and oxygen atoms in total. The second kappa shape index (κ2) is 3.83. The molecule has 5 atom stereocenters. The van der Waals surface area contributed by atoms with Gasteiger partial charge in [-0.3, -0.25) is 0 Å². The minimum atomic E-state index is -2.76. The summed E-state index contributed by atoms with van der Waals surface area (Å²) >= 11 is 0. The zero-order valence-corrected chi connectivity index (χ0v) is 7.06. The molecule has 0 aromatic rings. The van der Waals surface area contributed by atoms with Gasteiger partial charge in [-0.2, -0.15) is 0 Å². The molecule has 3 unspecified atom stereocenters. The Morgan fingerprint density at radius 3 is 2.08 bits per heavy atom. The number of hydrogen-bond acceptors (Lipinski definition) is 4. The number of rotatable bonds is 1. The van der Waals surface area contributed by atoms with E-state index in [0.717, 1.165) is 0 Å². The van der Waals surface area contributed by atoms with Crippen LogP contribution in [0, 0.1) is 0 Å². The van der Waals surface area contributed by atoms with Crippen molar-refractivity contribution in [3.63, 3.8) is 0 Å². The first kappa shape index (κ1) is 10.8. The maximum atomic E-state index is 12.2. The van der Waals surface area contributed by atoms with Gasteiger partial charge < -0.3 is 20.6 Å². The van der Waals surface area contributed by atoms with Crippen LogP contribution in [0.5, 0.6) is 0 Å². The molecular weight excluding hydrogens is 184 g/mol. The van der Waals surface area contributed by atoms with E-state index in [1.807, 2.05) is 0 Å². The minimum Gasteiger partial charge on any atom is -0.389 e. The normalized spacial score (nSPS) is 46.8. The molecule has 1 saturated heterocycles. The van der Waals surface area contributed by atoms with Crippen LogP contribution in [0.2, 0.25) is 0 Å². The first-order valence-corrected chi connectivity index (χ1v) is 4.03. The molecule has 0 radical (unpaired) electrons. The summed E-state index contributed by atoms with van der Waals surface area (Å²) in [5.41, 5.74) is 0. The topological polar surface area (TPSA) is 72.7 Å². The predicted octanol–water partition coefficient (Wildman–Crippen LogP) is -1.31. The number of hydrogen-bond donors (Lipinski definition) is 4. The quantitative estimate of drug-likeness (QED) is 0.421. The molecule has 13 heavy (non-hydrogen) atoms. The molecule has 0 aromatic heterocycles. The standard InChI is InChI=1S/C7H13F2NO3/c1-2-4(11)6(13)5(12)3(10-2)7(8)9/h2-7,10-13H,1H3/t2-,3?,4?,5-,6?/m1/s1. The molecule has 0 saturated carbocycles. The molecule has 78 valence electrons. The zero-order chi connectivity index (χ0) is 10.2. The highest BCUT2D eigenvalue weighted by Gasteiger charge is 2.44. The molecule has 0 bridgehead atoms. The number of halogens is 2. The molecule has 1 aliphatic heterocycles. The summed E-state index contributed by atoms with van der Waals surface area (Å²) < 4.78 is 24.5. The fourth-order valence-corrected chi connectivity index (χ4v) is 1.43. The van der Waals surface area contributed by atoms with Crippen molar-refractivity contribution in [1.29, 1.82) is 0 Å². The SMILES string of the molecule is C[C@H]1NC(C(F)F)[C@@H](O)C(O)C1O. The van der Waals surface area contributed by atoms with Crippen molar-refractivity contribution in [2.24, 2.45) is 0 Å². The lowest BCUT2D eigenvalue weighted by molar-refractivity contribution is -0.133. The van der Waals surface area contributed by atoms with Crippen LogP contribution in [-0.2, 0) is 0 Å². The summed E-state index contributed by atoms with van der Waals surface area (Å²) in [5.74, 6) is 0. The van der Waals surface area contributed by atoms with Crippen LogP contribution in [0.25, 0.3) is 0 Å². The lowest BCUT2D eigenvalue weighted by Crippen LogP contribution is -2.65. The summed E-state index contributed by atoms with van der Waals surface area (Å²) in [4.78, 5) is 0. The fourth-order valence-electron chi connectivity index (χ4n) is 1.43. The number of aliphatic hydroxyl groups is 3. The van der Waals surface area contributed by atoms with Crippen molar-refractivity contribution in [3.8, 4) is 0 Å². The Bertz CT molecular complexity index is 181. The lowest BCUT2D eigenvalue weighted by atomic mass is 9.91. The number of nitrogens with one attached hydrogen (secondary N) is 1. The predicted molar refractivity (Wildman–Crippen MR) is 40.4 cm³/mol. The molecule has 6 heteroatoms. The van der Waals surface area contributed by atoms with Crippen molar-refractivity contribution >= 4 is 0 Å². The second-order valence-electron chi connectivity index (χ2n) is 3.29. The van der Waals surface area contributed by atoms with E-state index in [2.05, 4.69) is 5.32 Å². The monoisotopic (exact) mass is 197 g/mol. The molecule has 0 aliphatic carbocycles. The van der Waals surface area contributed by atoms with Gasteiger partial charge in [-0.15, -0.1) is 0 Å². The van der Waals surface area contributed by atoms with Gasteiger partial charge in [0, 0.05) is 6.04 Å². The number of alkyl halides is 2. The van der Waals surface area contributed by atoms with E-state index in [1.165, 1.54) is 6.92 Å². The first-order valence-electron chi connectivity index (χ1n) is 4.03.